The summed E-state index contributed by atoms with van der Waals surface area (Å²) >= 11 is 3.42. The second kappa shape index (κ2) is 4.74. The van der Waals surface area contributed by atoms with Crippen molar-refractivity contribution >= 4 is 15.9 Å². The average Bonchev–Trinajstić information content (AvgIpc) is 2.10. The number of aryl methyl sites for hydroxylation is 1. The number of rotatable bonds is 3. The van der Waals surface area contributed by atoms with Crippen LogP contribution in [-0.2, 0) is 0 Å². The van der Waals surface area contributed by atoms with E-state index in [1.165, 1.54) is 0 Å². The lowest BCUT2D eigenvalue weighted by Crippen LogP contribution is -2.16. The molecule has 3 heteroatoms. The molecule has 2 nitrogen and oxygen atoms in total. The summed E-state index contributed by atoms with van der Waals surface area (Å²) in [5.74, 6) is 0. The fourth-order valence-electron chi connectivity index (χ4n) is 1.19. The van der Waals surface area contributed by atoms with Gasteiger partial charge in [-0.15, -0.1) is 0 Å². The van der Waals surface area contributed by atoms with Gasteiger partial charge in [-0.05, 0) is 31.2 Å². The SMILES string of the molecule is CNCC(O)c1ccc(Br)c(C)c1. The minimum Gasteiger partial charge on any atom is -0.387 e. The molecular formula is C10H14BrNO. The van der Waals surface area contributed by atoms with Crippen LogP contribution >= 0.6 is 15.9 Å². The van der Waals surface area contributed by atoms with Gasteiger partial charge in [0.1, 0.15) is 0 Å². The Hall–Kier alpha value is -0.380. The van der Waals surface area contributed by atoms with Crippen molar-refractivity contribution in [1.82, 2.24) is 5.32 Å². The molecule has 0 spiro atoms. The van der Waals surface area contributed by atoms with Crippen LogP contribution in [-0.4, -0.2) is 18.7 Å². The summed E-state index contributed by atoms with van der Waals surface area (Å²) in [6, 6.07) is 5.88. The fourth-order valence-corrected chi connectivity index (χ4v) is 1.43. The standard InChI is InChI=1S/C10H14BrNO/c1-7-5-8(3-4-9(7)11)10(13)6-12-2/h3-5,10,12-13H,6H2,1-2H3. The van der Waals surface area contributed by atoms with Crippen LogP contribution < -0.4 is 5.32 Å². The van der Waals surface area contributed by atoms with Crippen LogP contribution in [0.1, 0.15) is 17.2 Å². The molecule has 0 aliphatic carbocycles. The van der Waals surface area contributed by atoms with E-state index in [4.69, 9.17) is 0 Å². The van der Waals surface area contributed by atoms with Gasteiger partial charge in [-0.1, -0.05) is 28.1 Å². The average molecular weight is 244 g/mol. The molecular weight excluding hydrogens is 230 g/mol. The van der Waals surface area contributed by atoms with Crippen LogP contribution in [0.25, 0.3) is 0 Å². The molecule has 0 saturated heterocycles. The molecule has 1 aromatic rings. The summed E-state index contributed by atoms with van der Waals surface area (Å²) in [6.45, 7) is 2.60. The summed E-state index contributed by atoms with van der Waals surface area (Å²) < 4.78 is 1.08. The Morgan fingerprint density at radius 3 is 2.77 bits per heavy atom. The van der Waals surface area contributed by atoms with E-state index in [2.05, 4.69) is 21.2 Å². The highest BCUT2D eigenvalue weighted by molar-refractivity contribution is 9.10. The van der Waals surface area contributed by atoms with Crippen LogP contribution in [0.5, 0.6) is 0 Å². The topological polar surface area (TPSA) is 32.3 Å². The second-order valence-electron chi connectivity index (χ2n) is 3.08. The van der Waals surface area contributed by atoms with Gasteiger partial charge in [-0.25, -0.2) is 0 Å². The van der Waals surface area contributed by atoms with Gasteiger partial charge < -0.3 is 10.4 Å². The van der Waals surface area contributed by atoms with Gasteiger partial charge in [0, 0.05) is 11.0 Å². The van der Waals surface area contributed by atoms with E-state index < -0.39 is 6.10 Å². The van der Waals surface area contributed by atoms with Gasteiger partial charge in [0.2, 0.25) is 0 Å². The van der Waals surface area contributed by atoms with Crippen molar-refractivity contribution in [3.63, 3.8) is 0 Å². The monoisotopic (exact) mass is 243 g/mol. The lowest BCUT2D eigenvalue weighted by atomic mass is 10.1. The summed E-state index contributed by atoms with van der Waals surface area (Å²) in [5.41, 5.74) is 2.10. The molecule has 0 aliphatic heterocycles. The van der Waals surface area contributed by atoms with Gasteiger partial charge >= 0.3 is 0 Å². The number of benzene rings is 1. The Morgan fingerprint density at radius 2 is 2.23 bits per heavy atom. The quantitative estimate of drug-likeness (QED) is 0.852. The summed E-state index contributed by atoms with van der Waals surface area (Å²) in [5, 5.41) is 12.6. The zero-order valence-corrected chi connectivity index (χ0v) is 9.43. The third-order valence-electron chi connectivity index (χ3n) is 1.96. The van der Waals surface area contributed by atoms with E-state index in [9.17, 15) is 5.11 Å². The van der Waals surface area contributed by atoms with E-state index in [1.54, 1.807) is 0 Å². The summed E-state index contributed by atoms with van der Waals surface area (Å²) in [6.07, 6.45) is -0.420. The van der Waals surface area contributed by atoms with Crippen molar-refractivity contribution in [2.45, 2.75) is 13.0 Å². The molecule has 1 atom stereocenters. The van der Waals surface area contributed by atoms with Crippen molar-refractivity contribution in [1.29, 1.82) is 0 Å². The van der Waals surface area contributed by atoms with E-state index in [0.717, 1.165) is 15.6 Å². The Labute approximate surface area is 87.1 Å². The van der Waals surface area contributed by atoms with Crippen LogP contribution in [0.15, 0.2) is 22.7 Å². The molecule has 0 amide bonds. The number of halogens is 1. The zero-order chi connectivity index (χ0) is 9.84. The minimum absolute atomic E-state index is 0.420. The second-order valence-corrected chi connectivity index (χ2v) is 3.94. The van der Waals surface area contributed by atoms with Crippen LogP contribution in [0.2, 0.25) is 0 Å². The molecule has 0 fully saturated rings. The van der Waals surface area contributed by atoms with Crippen molar-refractivity contribution in [3.05, 3.63) is 33.8 Å². The van der Waals surface area contributed by atoms with Gasteiger partial charge in [0.25, 0.3) is 0 Å². The summed E-state index contributed by atoms with van der Waals surface area (Å²) in [4.78, 5) is 0. The lowest BCUT2D eigenvalue weighted by Gasteiger charge is -2.11. The molecule has 0 radical (unpaired) electrons. The van der Waals surface area contributed by atoms with Crippen molar-refractivity contribution in [2.24, 2.45) is 0 Å². The highest BCUT2D eigenvalue weighted by Gasteiger charge is 2.06. The van der Waals surface area contributed by atoms with Crippen molar-refractivity contribution < 1.29 is 5.11 Å². The van der Waals surface area contributed by atoms with Crippen molar-refractivity contribution in [2.75, 3.05) is 13.6 Å². The Kier molecular flexibility index (Phi) is 3.90. The number of aliphatic hydroxyl groups excluding tert-OH is 1. The Bertz CT molecular complexity index is 288. The van der Waals surface area contributed by atoms with Gasteiger partial charge in [0.05, 0.1) is 6.10 Å². The minimum atomic E-state index is -0.420. The van der Waals surface area contributed by atoms with Crippen LogP contribution in [0.4, 0.5) is 0 Å². The predicted octanol–water partition coefficient (Wildman–Crippen LogP) is 2.01. The normalized spacial score (nSPS) is 12.9. The van der Waals surface area contributed by atoms with Gasteiger partial charge in [-0.2, -0.15) is 0 Å². The number of hydrogen-bond acceptors (Lipinski definition) is 2. The van der Waals surface area contributed by atoms with Gasteiger partial charge in [-0.3, -0.25) is 0 Å². The maximum atomic E-state index is 9.66. The third-order valence-corrected chi connectivity index (χ3v) is 2.85. The fraction of sp³-hybridized carbons (Fsp3) is 0.400. The van der Waals surface area contributed by atoms with Crippen molar-refractivity contribution in [3.8, 4) is 0 Å². The maximum absolute atomic E-state index is 9.66. The first-order valence-electron chi connectivity index (χ1n) is 4.24. The maximum Gasteiger partial charge on any atom is 0.0914 e. The first kappa shape index (κ1) is 10.7. The molecule has 0 heterocycles. The molecule has 0 saturated carbocycles. The largest absolute Gasteiger partial charge is 0.387 e. The number of hydrogen-bond donors (Lipinski definition) is 2. The van der Waals surface area contributed by atoms with E-state index >= 15 is 0 Å². The van der Waals surface area contributed by atoms with E-state index in [1.807, 2.05) is 32.2 Å². The number of nitrogens with one attached hydrogen (secondary N) is 1. The molecule has 1 unspecified atom stereocenters. The first-order chi connectivity index (χ1) is 6.15. The molecule has 0 bridgehead atoms. The van der Waals surface area contributed by atoms with Crippen LogP contribution in [0, 0.1) is 6.92 Å². The molecule has 2 N–H and O–H groups in total. The number of aliphatic hydroxyl groups is 1. The summed E-state index contributed by atoms with van der Waals surface area (Å²) in [7, 11) is 1.83. The van der Waals surface area contributed by atoms with E-state index in [-0.39, 0.29) is 0 Å². The van der Waals surface area contributed by atoms with Gasteiger partial charge in [0.15, 0.2) is 0 Å². The van der Waals surface area contributed by atoms with Crippen LogP contribution in [0.3, 0.4) is 0 Å². The molecule has 1 rings (SSSR count). The Morgan fingerprint density at radius 1 is 1.54 bits per heavy atom. The highest BCUT2D eigenvalue weighted by Crippen LogP contribution is 2.20. The Balaban J connectivity index is 2.84. The number of likely N-dealkylation sites (N-methyl/N-ethyl adjacent to an activating group) is 1. The highest BCUT2D eigenvalue weighted by atomic mass is 79.9. The van der Waals surface area contributed by atoms with E-state index in [0.29, 0.717) is 6.54 Å². The molecule has 13 heavy (non-hydrogen) atoms. The molecule has 72 valence electrons. The lowest BCUT2D eigenvalue weighted by molar-refractivity contribution is 0.177. The first-order valence-corrected chi connectivity index (χ1v) is 5.03. The zero-order valence-electron chi connectivity index (χ0n) is 7.84. The molecule has 0 aromatic heterocycles. The third kappa shape index (κ3) is 2.79. The smallest absolute Gasteiger partial charge is 0.0914 e. The molecule has 0 aliphatic rings. The predicted molar refractivity (Wildman–Crippen MR) is 57.8 cm³/mol. The molecule has 1 aromatic carbocycles.